The van der Waals surface area contributed by atoms with Gasteiger partial charge < -0.3 is 5.73 Å². The number of rotatable bonds is 1. The summed E-state index contributed by atoms with van der Waals surface area (Å²) in [6.07, 6.45) is -1.81. The second-order valence-corrected chi connectivity index (χ2v) is 3.73. The molecule has 1 aromatic carbocycles. The highest BCUT2D eigenvalue weighted by Gasteiger charge is 2.34. The summed E-state index contributed by atoms with van der Waals surface area (Å²) in [5.74, 6) is 0. The Balaban J connectivity index is 2.23. The molecule has 1 heterocycles. The van der Waals surface area contributed by atoms with Crippen LogP contribution in [0.1, 0.15) is 11.6 Å². The summed E-state index contributed by atoms with van der Waals surface area (Å²) in [6.45, 7) is 0. The van der Waals surface area contributed by atoms with Gasteiger partial charge in [-0.25, -0.2) is 15.2 Å². The monoisotopic (exact) mass is 215 g/mol. The van der Waals surface area contributed by atoms with Gasteiger partial charge >= 0.3 is 0 Å². The Hall–Kier alpha value is -0.680. The fourth-order valence-electron chi connectivity index (χ4n) is 1.52. The van der Waals surface area contributed by atoms with Crippen molar-refractivity contribution in [2.75, 3.05) is 0 Å². The SMILES string of the molecule is NC1NNC(c2cccc(Cl)c2)C1F. The zero-order valence-corrected chi connectivity index (χ0v) is 8.13. The van der Waals surface area contributed by atoms with E-state index in [0.29, 0.717) is 5.02 Å². The average Bonchev–Trinajstić information content (AvgIpc) is 2.48. The quantitative estimate of drug-likeness (QED) is 0.658. The summed E-state index contributed by atoms with van der Waals surface area (Å²) in [6, 6.07) is 6.65. The summed E-state index contributed by atoms with van der Waals surface area (Å²) < 4.78 is 13.5. The molecule has 1 saturated heterocycles. The van der Waals surface area contributed by atoms with Gasteiger partial charge in [-0.1, -0.05) is 23.7 Å². The van der Waals surface area contributed by atoms with E-state index in [9.17, 15) is 4.39 Å². The first-order valence-corrected chi connectivity index (χ1v) is 4.72. The molecular weight excluding hydrogens is 205 g/mol. The lowest BCUT2D eigenvalue weighted by atomic mass is 10.0. The van der Waals surface area contributed by atoms with Crippen molar-refractivity contribution in [2.45, 2.75) is 18.4 Å². The smallest absolute Gasteiger partial charge is 0.150 e. The Morgan fingerprint density at radius 3 is 2.71 bits per heavy atom. The van der Waals surface area contributed by atoms with Crippen LogP contribution in [0.4, 0.5) is 4.39 Å². The van der Waals surface area contributed by atoms with Crippen LogP contribution in [-0.2, 0) is 0 Å². The fraction of sp³-hybridized carbons (Fsp3) is 0.333. The number of halogens is 2. The second-order valence-electron chi connectivity index (χ2n) is 3.29. The molecule has 4 N–H and O–H groups in total. The van der Waals surface area contributed by atoms with Gasteiger partial charge in [0.15, 0.2) is 0 Å². The van der Waals surface area contributed by atoms with Gasteiger partial charge in [0, 0.05) is 5.02 Å². The zero-order chi connectivity index (χ0) is 10.1. The van der Waals surface area contributed by atoms with Gasteiger partial charge in [0.2, 0.25) is 0 Å². The molecule has 14 heavy (non-hydrogen) atoms. The van der Waals surface area contributed by atoms with Crippen LogP contribution in [0.25, 0.3) is 0 Å². The van der Waals surface area contributed by atoms with Gasteiger partial charge in [0.05, 0.1) is 6.04 Å². The van der Waals surface area contributed by atoms with Gasteiger partial charge in [0.1, 0.15) is 12.3 Å². The van der Waals surface area contributed by atoms with Gasteiger partial charge in [0.25, 0.3) is 0 Å². The maximum absolute atomic E-state index is 13.5. The van der Waals surface area contributed by atoms with E-state index in [1.54, 1.807) is 18.2 Å². The second kappa shape index (κ2) is 3.82. The third kappa shape index (κ3) is 1.74. The largest absolute Gasteiger partial charge is 0.312 e. The normalized spacial score (nSPS) is 32.1. The Kier molecular flexibility index (Phi) is 2.69. The van der Waals surface area contributed by atoms with Crippen molar-refractivity contribution in [3.05, 3.63) is 34.9 Å². The van der Waals surface area contributed by atoms with E-state index < -0.39 is 18.4 Å². The zero-order valence-electron chi connectivity index (χ0n) is 7.37. The van der Waals surface area contributed by atoms with Crippen LogP contribution in [0.15, 0.2) is 24.3 Å². The number of alkyl halides is 1. The number of hydrogen-bond donors (Lipinski definition) is 3. The molecule has 5 heteroatoms. The topological polar surface area (TPSA) is 50.1 Å². The first kappa shape index (κ1) is 9.86. The molecule has 0 spiro atoms. The van der Waals surface area contributed by atoms with Gasteiger partial charge in [-0.05, 0) is 17.7 Å². The van der Waals surface area contributed by atoms with Crippen molar-refractivity contribution in [1.82, 2.24) is 10.9 Å². The first-order valence-electron chi connectivity index (χ1n) is 4.34. The molecular formula is C9H11ClFN3. The Morgan fingerprint density at radius 2 is 2.14 bits per heavy atom. The molecule has 1 fully saturated rings. The van der Waals surface area contributed by atoms with Crippen LogP contribution in [0.2, 0.25) is 5.02 Å². The van der Waals surface area contributed by atoms with Crippen molar-refractivity contribution in [1.29, 1.82) is 0 Å². The standard InChI is InChI=1S/C9H11ClFN3/c10-6-3-1-2-5(4-6)8-7(11)9(12)14-13-8/h1-4,7-9,13-14H,12H2. The van der Waals surface area contributed by atoms with Crippen molar-refractivity contribution in [3.8, 4) is 0 Å². The van der Waals surface area contributed by atoms with E-state index in [4.69, 9.17) is 17.3 Å². The molecule has 1 aromatic rings. The summed E-state index contributed by atoms with van der Waals surface area (Å²) in [5, 5.41) is 0.594. The lowest BCUT2D eigenvalue weighted by molar-refractivity contribution is 0.278. The van der Waals surface area contributed by atoms with E-state index in [1.807, 2.05) is 6.07 Å². The molecule has 3 atom stereocenters. The van der Waals surface area contributed by atoms with Crippen LogP contribution >= 0.6 is 11.6 Å². The van der Waals surface area contributed by atoms with Crippen LogP contribution in [-0.4, -0.2) is 12.3 Å². The molecule has 3 nitrogen and oxygen atoms in total. The molecule has 0 amide bonds. The number of nitrogens with two attached hydrogens (primary N) is 1. The van der Waals surface area contributed by atoms with E-state index in [1.165, 1.54) is 0 Å². The molecule has 3 unspecified atom stereocenters. The Labute approximate surface area is 86.4 Å². The van der Waals surface area contributed by atoms with Crippen molar-refractivity contribution in [2.24, 2.45) is 5.73 Å². The van der Waals surface area contributed by atoms with Crippen molar-refractivity contribution >= 4 is 11.6 Å². The van der Waals surface area contributed by atoms with Crippen molar-refractivity contribution in [3.63, 3.8) is 0 Å². The Bertz CT molecular complexity index is 334. The maximum Gasteiger partial charge on any atom is 0.150 e. The predicted octanol–water partition coefficient (Wildman–Crippen LogP) is 1.11. The summed E-state index contributed by atoms with van der Waals surface area (Å²) in [4.78, 5) is 0. The van der Waals surface area contributed by atoms with Crippen LogP contribution < -0.4 is 16.6 Å². The molecule has 76 valence electrons. The minimum Gasteiger partial charge on any atom is -0.312 e. The third-order valence-electron chi connectivity index (χ3n) is 2.27. The number of benzene rings is 1. The van der Waals surface area contributed by atoms with Crippen molar-refractivity contribution < 1.29 is 4.39 Å². The molecule has 2 rings (SSSR count). The minimum absolute atomic E-state index is 0.427. The predicted molar refractivity (Wildman–Crippen MR) is 53.3 cm³/mol. The molecule has 0 aliphatic carbocycles. The summed E-state index contributed by atoms with van der Waals surface area (Å²) >= 11 is 5.81. The van der Waals surface area contributed by atoms with Gasteiger partial charge in [-0.15, -0.1) is 0 Å². The van der Waals surface area contributed by atoms with E-state index >= 15 is 0 Å². The molecule has 0 saturated carbocycles. The molecule has 0 aromatic heterocycles. The molecule has 1 aliphatic heterocycles. The maximum atomic E-state index is 13.5. The average molecular weight is 216 g/mol. The number of hydrazine groups is 1. The van der Waals surface area contributed by atoms with Crippen LogP contribution in [0, 0.1) is 0 Å². The van der Waals surface area contributed by atoms with Gasteiger partial charge in [-0.3, -0.25) is 0 Å². The number of nitrogens with one attached hydrogen (secondary N) is 2. The lowest BCUT2D eigenvalue weighted by Gasteiger charge is -2.13. The summed E-state index contributed by atoms with van der Waals surface area (Å²) in [5.41, 5.74) is 11.7. The first-order chi connectivity index (χ1) is 6.68. The lowest BCUT2D eigenvalue weighted by Crippen LogP contribution is -2.39. The molecule has 0 bridgehead atoms. The van der Waals surface area contributed by atoms with E-state index in [-0.39, 0.29) is 0 Å². The van der Waals surface area contributed by atoms with Gasteiger partial charge in [-0.2, -0.15) is 0 Å². The van der Waals surface area contributed by atoms with Crippen LogP contribution in [0.3, 0.4) is 0 Å². The highest BCUT2D eigenvalue weighted by Crippen LogP contribution is 2.25. The fourth-order valence-corrected chi connectivity index (χ4v) is 1.72. The van der Waals surface area contributed by atoms with E-state index in [2.05, 4.69) is 10.9 Å². The third-order valence-corrected chi connectivity index (χ3v) is 2.51. The number of hydrogen-bond acceptors (Lipinski definition) is 3. The molecule has 1 aliphatic rings. The minimum atomic E-state index is -1.14. The molecule has 0 radical (unpaired) electrons. The Morgan fingerprint density at radius 1 is 1.36 bits per heavy atom. The van der Waals surface area contributed by atoms with Crippen LogP contribution in [0.5, 0.6) is 0 Å². The van der Waals surface area contributed by atoms with E-state index in [0.717, 1.165) is 5.56 Å². The highest BCUT2D eigenvalue weighted by molar-refractivity contribution is 6.30. The highest BCUT2D eigenvalue weighted by atomic mass is 35.5. The summed E-state index contributed by atoms with van der Waals surface area (Å²) in [7, 11) is 0.